The van der Waals surface area contributed by atoms with Crippen LogP contribution in [0.25, 0.3) is 0 Å². The number of ether oxygens (including phenoxy) is 3. The molecule has 2 aliphatic rings. The van der Waals surface area contributed by atoms with Gasteiger partial charge in [-0.15, -0.1) is 0 Å². The highest BCUT2D eigenvalue weighted by Gasteiger charge is 2.45. The molecule has 2 aromatic rings. The van der Waals surface area contributed by atoms with Crippen LogP contribution in [0.2, 0.25) is 10.0 Å². The van der Waals surface area contributed by atoms with Crippen molar-refractivity contribution in [2.45, 2.75) is 46.1 Å². The summed E-state index contributed by atoms with van der Waals surface area (Å²) >= 11 is 12.3. The zero-order valence-electron chi connectivity index (χ0n) is 19.8. The molecule has 8 heteroatoms. The third kappa shape index (κ3) is 5.19. The van der Waals surface area contributed by atoms with Gasteiger partial charge in [-0.3, -0.25) is 4.79 Å². The van der Waals surface area contributed by atoms with Crippen molar-refractivity contribution < 1.29 is 23.8 Å². The summed E-state index contributed by atoms with van der Waals surface area (Å²) < 4.78 is 17.3. The quantitative estimate of drug-likeness (QED) is 0.470. The van der Waals surface area contributed by atoms with Crippen LogP contribution in [0.3, 0.4) is 0 Å². The smallest absolute Gasteiger partial charge is 0.340 e. The molecule has 0 spiro atoms. The Morgan fingerprint density at radius 2 is 1.91 bits per heavy atom. The maximum atomic E-state index is 13.4. The van der Waals surface area contributed by atoms with Gasteiger partial charge in [-0.25, -0.2) is 4.79 Å². The summed E-state index contributed by atoms with van der Waals surface area (Å²) in [7, 11) is 0. The molecule has 2 N–H and O–H groups in total. The Balaban J connectivity index is 1.80. The first-order valence-electron chi connectivity index (χ1n) is 11.4. The van der Waals surface area contributed by atoms with E-state index in [1.54, 1.807) is 31.2 Å². The van der Waals surface area contributed by atoms with E-state index in [0.717, 1.165) is 5.56 Å². The van der Waals surface area contributed by atoms with Crippen LogP contribution in [0.15, 0.2) is 65.3 Å². The number of benzene rings is 2. The van der Waals surface area contributed by atoms with Gasteiger partial charge in [-0.2, -0.15) is 0 Å². The fraction of sp³-hybridized carbons (Fsp3) is 0.333. The maximum absolute atomic E-state index is 13.4. The van der Waals surface area contributed by atoms with Gasteiger partial charge in [0.1, 0.15) is 23.7 Å². The standard InChI is InChI=1S/C27H27Cl2NO5/c1-4-33-26(32)24-22(23-19(31)12-27(2,3)13-21(23)35-25(24)30)17-7-5-6-8-20(17)34-14-15-9-10-16(28)11-18(15)29/h5-11,22H,4,12-14,30H2,1-3H3. The molecule has 0 amide bonds. The number of esters is 1. The summed E-state index contributed by atoms with van der Waals surface area (Å²) in [5, 5.41) is 1.01. The predicted molar refractivity (Wildman–Crippen MR) is 134 cm³/mol. The highest BCUT2D eigenvalue weighted by molar-refractivity contribution is 6.35. The lowest BCUT2D eigenvalue weighted by atomic mass is 9.70. The molecule has 0 radical (unpaired) electrons. The minimum Gasteiger partial charge on any atom is -0.489 e. The number of halogens is 2. The Morgan fingerprint density at radius 3 is 2.63 bits per heavy atom. The Morgan fingerprint density at radius 1 is 1.17 bits per heavy atom. The van der Waals surface area contributed by atoms with Crippen LogP contribution < -0.4 is 10.5 Å². The molecular weight excluding hydrogens is 489 g/mol. The monoisotopic (exact) mass is 515 g/mol. The second-order valence-electron chi connectivity index (χ2n) is 9.37. The lowest BCUT2D eigenvalue weighted by Gasteiger charge is -2.38. The van der Waals surface area contributed by atoms with Gasteiger partial charge in [0.05, 0.1) is 12.5 Å². The molecular formula is C27H27Cl2NO5. The van der Waals surface area contributed by atoms with Gasteiger partial charge in [-0.1, -0.05) is 61.3 Å². The second-order valence-corrected chi connectivity index (χ2v) is 10.2. The van der Waals surface area contributed by atoms with Gasteiger partial charge in [0.25, 0.3) is 0 Å². The summed E-state index contributed by atoms with van der Waals surface area (Å²) in [5.74, 6) is -0.589. The number of ketones is 1. The van der Waals surface area contributed by atoms with Crippen LogP contribution in [0, 0.1) is 5.41 Å². The number of para-hydroxylation sites is 1. The van der Waals surface area contributed by atoms with Crippen LogP contribution in [0.4, 0.5) is 0 Å². The Bertz CT molecular complexity index is 1250. The number of carbonyl (C=O) groups excluding carboxylic acids is 2. The average Bonchev–Trinajstić information content (AvgIpc) is 2.77. The highest BCUT2D eigenvalue weighted by atomic mass is 35.5. The SMILES string of the molecule is CCOC(=O)C1=C(N)OC2=C(C(=O)CC(C)(C)C2)C1c1ccccc1OCc1ccc(Cl)cc1Cl. The van der Waals surface area contributed by atoms with E-state index in [2.05, 4.69) is 0 Å². The van der Waals surface area contributed by atoms with E-state index in [9.17, 15) is 9.59 Å². The first-order chi connectivity index (χ1) is 16.6. The van der Waals surface area contributed by atoms with E-state index in [1.807, 2.05) is 32.0 Å². The van der Waals surface area contributed by atoms with Crippen LogP contribution >= 0.6 is 23.2 Å². The van der Waals surface area contributed by atoms with E-state index in [4.69, 9.17) is 43.1 Å². The second kappa shape index (κ2) is 9.96. The third-order valence-corrected chi connectivity index (χ3v) is 6.67. The van der Waals surface area contributed by atoms with Gasteiger partial charge in [0, 0.05) is 39.6 Å². The number of hydrogen-bond acceptors (Lipinski definition) is 6. The van der Waals surface area contributed by atoms with E-state index >= 15 is 0 Å². The number of Topliss-reactive ketones (excluding diaryl/α,β-unsaturated/α-hetero) is 1. The van der Waals surface area contributed by atoms with E-state index in [1.165, 1.54) is 0 Å². The van der Waals surface area contributed by atoms with Crippen molar-refractivity contribution in [1.29, 1.82) is 0 Å². The Hall–Kier alpha value is -2.96. The first-order valence-corrected chi connectivity index (χ1v) is 12.1. The molecule has 1 aliphatic heterocycles. The molecule has 2 aromatic carbocycles. The zero-order valence-corrected chi connectivity index (χ0v) is 21.3. The molecule has 4 rings (SSSR count). The average molecular weight is 516 g/mol. The van der Waals surface area contributed by atoms with Crippen LogP contribution in [-0.2, 0) is 25.7 Å². The Kier molecular flexibility index (Phi) is 7.15. The zero-order chi connectivity index (χ0) is 25.3. The third-order valence-electron chi connectivity index (χ3n) is 6.08. The molecule has 6 nitrogen and oxygen atoms in total. The van der Waals surface area contributed by atoms with Crippen molar-refractivity contribution in [2.24, 2.45) is 11.1 Å². The number of rotatable bonds is 6. The maximum Gasteiger partial charge on any atom is 0.340 e. The van der Waals surface area contributed by atoms with Crippen molar-refractivity contribution >= 4 is 35.0 Å². The van der Waals surface area contributed by atoms with Gasteiger partial charge in [0.2, 0.25) is 5.88 Å². The van der Waals surface area contributed by atoms with Gasteiger partial charge in [0.15, 0.2) is 5.78 Å². The number of nitrogens with two attached hydrogens (primary N) is 1. The molecule has 1 atom stereocenters. The van der Waals surface area contributed by atoms with E-state index < -0.39 is 11.9 Å². The van der Waals surface area contributed by atoms with Crippen molar-refractivity contribution in [1.82, 2.24) is 0 Å². The lowest BCUT2D eigenvalue weighted by Crippen LogP contribution is -2.35. The van der Waals surface area contributed by atoms with Crippen molar-refractivity contribution in [3.05, 3.63) is 86.4 Å². The van der Waals surface area contributed by atoms with Crippen LogP contribution in [0.1, 0.15) is 50.7 Å². The predicted octanol–water partition coefficient (Wildman–Crippen LogP) is 6.06. The van der Waals surface area contributed by atoms with Gasteiger partial charge in [-0.05, 0) is 30.5 Å². The van der Waals surface area contributed by atoms with E-state index in [-0.39, 0.29) is 35.9 Å². The molecule has 0 aromatic heterocycles. The number of carbonyl (C=O) groups is 2. The van der Waals surface area contributed by atoms with Crippen molar-refractivity contribution in [3.8, 4) is 5.75 Å². The summed E-state index contributed by atoms with van der Waals surface area (Å²) in [6, 6.07) is 12.4. The molecule has 0 saturated heterocycles. The molecule has 0 bridgehead atoms. The number of allylic oxidation sites excluding steroid dienone is 2. The van der Waals surface area contributed by atoms with Crippen molar-refractivity contribution in [3.63, 3.8) is 0 Å². The fourth-order valence-electron chi connectivity index (χ4n) is 4.55. The topological polar surface area (TPSA) is 87.9 Å². The summed E-state index contributed by atoms with van der Waals surface area (Å²) in [6.45, 7) is 6.03. The number of hydrogen-bond donors (Lipinski definition) is 1. The van der Waals surface area contributed by atoms with Gasteiger partial charge < -0.3 is 19.9 Å². The molecule has 1 unspecified atom stereocenters. The van der Waals surface area contributed by atoms with Crippen LogP contribution in [-0.4, -0.2) is 18.4 Å². The van der Waals surface area contributed by atoms with E-state index in [0.29, 0.717) is 45.5 Å². The summed E-state index contributed by atoms with van der Waals surface area (Å²) in [6.07, 6.45) is 0.843. The normalized spacial score (nSPS) is 19.2. The minimum atomic E-state index is -0.779. The summed E-state index contributed by atoms with van der Waals surface area (Å²) in [5.41, 5.74) is 7.86. The molecule has 0 fully saturated rings. The molecule has 1 heterocycles. The highest BCUT2D eigenvalue weighted by Crippen LogP contribution is 2.50. The van der Waals surface area contributed by atoms with Gasteiger partial charge >= 0.3 is 5.97 Å². The lowest BCUT2D eigenvalue weighted by molar-refractivity contribution is -0.139. The fourth-order valence-corrected chi connectivity index (χ4v) is 5.01. The Labute approximate surface area is 214 Å². The first kappa shape index (κ1) is 25.1. The molecule has 184 valence electrons. The molecule has 0 saturated carbocycles. The van der Waals surface area contributed by atoms with Crippen LogP contribution in [0.5, 0.6) is 5.75 Å². The molecule has 35 heavy (non-hydrogen) atoms. The van der Waals surface area contributed by atoms with Crippen molar-refractivity contribution in [2.75, 3.05) is 6.61 Å². The minimum absolute atomic E-state index is 0.0618. The summed E-state index contributed by atoms with van der Waals surface area (Å²) in [4.78, 5) is 26.4. The largest absolute Gasteiger partial charge is 0.489 e. The molecule has 1 aliphatic carbocycles.